The number of ether oxygens (including phenoxy) is 3. The smallest absolute Gasteiger partial charge is 0.257 e. The van der Waals surface area contributed by atoms with Crippen molar-refractivity contribution in [3.63, 3.8) is 0 Å². The van der Waals surface area contributed by atoms with Gasteiger partial charge in [-0.2, -0.15) is 0 Å². The van der Waals surface area contributed by atoms with E-state index < -0.39 is 0 Å². The first kappa shape index (κ1) is 21.6. The fraction of sp³-hybridized carbons (Fsp3) is 0.261. The molecule has 2 N–H and O–H groups in total. The van der Waals surface area contributed by atoms with Crippen molar-refractivity contribution in [1.29, 1.82) is 0 Å². The molecular weight excluding hydrogens is 430 g/mol. The molecule has 2 amide bonds. The lowest BCUT2D eigenvalue weighted by molar-refractivity contribution is -0.119. The molecule has 0 saturated heterocycles. The van der Waals surface area contributed by atoms with Gasteiger partial charge in [-0.15, -0.1) is 11.3 Å². The summed E-state index contributed by atoms with van der Waals surface area (Å²) in [6.45, 7) is 2.06. The highest BCUT2D eigenvalue weighted by molar-refractivity contribution is 7.14. The summed E-state index contributed by atoms with van der Waals surface area (Å²) in [5.41, 5.74) is 2.93. The Morgan fingerprint density at radius 3 is 2.56 bits per heavy atom. The number of hydrogen-bond donors (Lipinski definition) is 2. The predicted octanol–water partition coefficient (Wildman–Crippen LogP) is 4.04. The molecule has 4 rings (SSSR count). The van der Waals surface area contributed by atoms with Crippen LogP contribution in [-0.4, -0.2) is 37.6 Å². The Labute approximate surface area is 189 Å². The van der Waals surface area contributed by atoms with Gasteiger partial charge in [-0.1, -0.05) is 0 Å². The number of benzene rings is 2. The summed E-state index contributed by atoms with van der Waals surface area (Å²) in [7, 11) is 3.06. The first-order chi connectivity index (χ1) is 15.5. The number of methoxy groups -OCH3 is 2. The van der Waals surface area contributed by atoms with Crippen LogP contribution in [0.5, 0.6) is 17.2 Å². The molecule has 3 aromatic rings. The molecule has 0 spiro atoms. The van der Waals surface area contributed by atoms with E-state index in [0.717, 1.165) is 22.6 Å². The summed E-state index contributed by atoms with van der Waals surface area (Å²) < 4.78 is 16.2. The van der Waals surface area contributed by atoms with Crippen molar-refractivity contribution in [1.82, 2.24) is 10.3 Å². The SMILES string of the molecule is COc1cc(OC)cc(C(=O)Nc2nc(-c3ccc4c(c3)C(NC(C)=O)CCO4)cs2)c1. The average molecular weight is 454 g/mol. The minimum atomic E-state index is -0.312. The van der Waals surface area contributed by atoms with Gasteiger partial charge in [0.1, 0.15) is 17.2 Å². The molecule has 1 atom stereocenters. The van der Waals surface area contributed by atoms with E-state index in [1.807, 2.05) is 23.6 Å². The van der Waals surface area contributed by atoms with E-state index in [2.05, 4.69) is 15.6 Å². The molecule has 1 aliphatic heterocycles. The zero-order valence-electron chi connectivity index (χ0n) is 17.9. The summed E-state index contributed by atoms with van der Waals surface area (Å²) >= 11 is 1.33. The number of carbonyl (C=O) groups excluding carboxylic acids is 2. The molecule has 2 heterocycles. The molecule has 2 aromatic carbocycles. The number of carbonyl (C=O) groups is 2. The number of hydrogen-bond acceptors (Lipinski definition) is 7. The van der Waals surface area contributed by atoms with Gasteiger partial charge in [-0.25, -0.2) is 4.98 Å². The number of anilines is 1. The van der Waals surface area contributed by atoms with Gasteiger partial charge in [0, 0.05) is 41.5 Å². The normalized spacial score (nSPS) is 14.7. The molecule has 1 aromatic heterocycles. The second-order valence-corrected chi connectivity index (χ2v) is 8.09. The largest absolute Gasteiger partial charge is 0.497 e. The fourth-order valence-corrected chi connectivity index (χ4v) is 4.24. The highest BCUT2D eigenvalue weighted by Crippen LogP contribution is 2.36. The summed E-state index contributed by atoms with van der Waals surface area (Å²) in [4.78, 5) is 28.8. The number of nitrogens with zero attached hydrogens (tertiary/aromatic N) is 1. The molecule has 0 radical (unpaired) electrons. The first-order valence-electron chi connectivity index (χ1n) is 10.0. The van der Waals surface area contributed by atoms with Crippen molar-refractivity contribution in [2.75, 3.05) is 26.1 Å². The van der Waals surface area contributed by atoms with E-state index in [0.29, 0.717) is 35.2 Å². The molecule has 0 fully saturated rings. The summed E-state index contributed by atoms with van der Waals surface area (Å²) in [6, 6.07) is 10.7. The van der Waals surface area contributed by atoms with E-state index in [4.69, 9.17) is 14.2 Å². The molecule has 1 unspecified atom stereocenters. The van der Waals surface area contributed by atoms with E-state index >= 15 is 0 Å². The summed E-state index contributed by atoms with van der Waals surface area (Å²) in [5.74, 6) is 1.42. The van der Waals surface area contributed by atoms with Crippen LogP contribution in [0, 0.1) is 0 Å². The number of thiazole rings is 1. The van der Waals surface area contributed by atoms with Crippen LogP contribution in [0.1, 0.15) is 35.3 Å². The fourth-order valence-electron chi connectivity index (χ4n) is 3.52. The molecule has 8 nitrogen and oxygen atoms in total. The third kappa shape index (κ3) is 4.67. The second kappa shape index (κ2) is 9.27. The Bertz CT molecular complexity index is 1140. The Hall–Kier alpha value is -3.59. The molecule has 9 heteroatoms. The van der Waals surface area contributed by atoms with Gasteiger partial charge in [0.2, 0.25) is 5.91 Å². The Kier molecular flexibility index (Phi) is 6.27. The van der Waals surface area contributed by atoms with Crippen molar-refractivity contribution in [3.05, 3.63) is 52.9 Å². The Balaban J connectivity index is 1.54. The van der Waals surface area contributed by atoms with Gasteiger partial charge in [0.15, 0.2) is 5.13 Å². The standard InChI is InChI=1S/C23H23N3O5S/c1-13(27)24-19-6-7-31-21-5-4-14(10-18(19)21)20-12-32-23(25-20)26-22(28)15-8-16(29-2)11-17(9-15)30-3/h4-5,8-12,19H,6-7H2,1-3H3,(H,24,27)(H,25,26,28). The van der Waals surface area contributed by atoms with Crippen molar-refractivity contribution in [3.8, 4) is 28.5 Å². The van der Waals surface area contributed by atoms with Crippen LogP contribution >= 0.6 is 11.3 Å². The van der Waals surface area contributed by atoms with Crippen LogP contribution in [0.2, 0.25) is 0 Å². The maximum atomic E-state index is 12.7. The second-order valence-electron chi connectivity index (χ2n) is 7.24. The van der Waals surface area contributed by atoms with Gasteiger partial charge >= 0.3 is 0 Å². The van der Waals surface area contributed by atoms with Crippen molar-refractivity contribution < 1.29 is 23.8 Å². The maximum Gasteiger partial charge on any atom is 0.257 e. The monoisotopic (exact) mass is 453 g/mol. The van der Waals surface area contributed by atoms with Crippen molar-refractivity contribution in [2.45, 2.75) is 19.4 Å². The molecule has 0 aliphatic carbocycles. The minimum Gasteiger partial charge on any atom is -0.497 e. The number of nitrogens with one attached hydrogen (secondary N) is 2. The van der Waals surface area contributed by atoms with E-state index in [9.17, 15) is 9.59 Å². The first-order valence-corrected chi connectivity index (χ1v) is 10.9. The quantitative estimate of drug-likeness (QED) is 0.585. The zero-order chi connectivity index (χ0) is 22.7. The number of rotatable bonds is 6. The molecule has 166 valence electrons. The molecule has 0 saturated carbocycles. The number of aromatic nitrogens is 1. The van der Waals surface area contributed by atoms with E-state index in [1.54, 1.807) is 18.2 Å². The summed E-state index contributed by atoms with van der Waals surface area (Å²) in [6.07, 6.45) is 0.707. The zero-order valence-corrected chi connectivity index (χ0v) is 18.7. The molecule has 0 bridgehead atoms. The van der Waals surface area contributed by atoms with Gasteiger partial charge in [-0.3, -0.25) is 14.9 Å². The maximum absolute atomic E-state index is 12.7. The minimum absolute atomic E-state index is 0.0823. The van der Waals surface area contributed by atoms with E-state index in [-0.39, 0.29) is 17.9 Å². The average Bonchev–Trinajstić information content (AvgIpc) is 3.26. The van der Waals surface area contributed by atoms with Crippen LogP contribution < -0.4 is 24.8 Å². The molecule has 1 aliphatic rings. The lowest BCUT2D eigenvalue weighted by Crippen LogP contribution is -2.30. The number of amides is 2. The Morgan fingerprint density at radius 2 is 1.88 bits per heavy atom. The summed E-state index contributed by atoms with van der Waals surface area (Å²) in [5, 5.41) is 8.14. The lowest BCUT2D eigenvalue weighted by Gasteiger charge is -2.26. The van der Waals surface area contributed by atoms with Gasteiger partial charge in [0.25, 0.3) is 5.91 Å². The van der Waals surface area contributed by atoms with Gasteiger partial charge in [0.05, 0.1) is 32.6 Å². The predicted molar refractivity (Wildman–Crippen MR) is 122 cm³/mol. The highest BCUT2D eigenvalue weighted by Gasteiger charge is 2.23. The van der Waals surface area contributed by atoms with Gasteiger partial charge < -0.3 is 19.5 Å². The third-order valence-corrected chi connectivity index (χ3v) is 5.82. The van der Waals surface area contributed by atoms with Crippen LogP contribution in [-0.2, 0) is 4.79 Å². The van der Waals surface area contributed by atoms with Crippen LogP contribution in [0.3, 0.4) is 0 Å². The third-order valence-electron chi connectivity index (χ3n) is 5.06. The molecular formula is C23H23N3O5S. The Morgan fingerprint density at radius 1 is 1.12 bits per heavy atom. The van der Waals surface area contributed by atoms with E-state index in [1.165, 1.54) is 32.5 Å². The lowest BCUT2D eigenvalue weighted by atomic mass is 9.97. The van der Waals surface area contributed by atoms with Crippen molar-refractivity contribution >= 4 is 28.3 Å². The molecule has 32 heavy (non-hydrogen) atoms. The van der Waals surface area contributed by atoms with Crippen LogP contribution in [0.25, 0.3) is 11.3 Å². The van der Waals surface area contributed by atoms with Crippen molar-refractivity contribution in [2.24, 2.45) is 0 Å². The highest BCUT2D eigenvalue weighted by atomic mass is 32.1. The number of fused-ring (bicyclic) bond motifs is 1. The van der Waals surface area contributed by atoms with Crippen LogP contribution in [0.4, 0.5) is 5.13 Å². The van der Waals surface area contributed by atoms with Crippen LogP contribution in [0.15, 0.2) is 41.8 Å². The van der Waals surface area contributed by atoms with Gasteiger partial charge in [-0.05, 0) is 30.3 Å². The topological polar surface area (TPSA) is 98.8 Å².